The Labute approximate surface area is 147 Å². The monoisotopic (exact) mass is 345 g/mol. The van der Waals surface area contributed by atoms with Gasteiger partial charge in [-0.25, -0.2) is 0 Å². The van der Waals surface area contributed by atoms with Crippen LogP contribution in [0.1, 0.15) is 35.1 Å². The highest BCUT2D eigenvalue weighted by Gasteiger charge is 2.37. The summed E-state index contributed by atoms with van der Waals surface area (Å²) in [7, 11) is 6.30. The number of hydrogen-bond acceptors (Lipinski definition) is 6. The summed E-state index contributed by atoms with van der Waals surface area (Å²) in [5.74, 6) is 2.19. The molecule has 0 saturated carbocycles. The van der Waals surface area contributed by atoms with E-state index in [0.717, 1.165) is 16.7 Å². The Kier molecular flexibility index (Phi) is 4.63. The predicted octanol–water partition coefficient (Wildman–Crippen LogP) is 2.87. The molecule has 3 rings (SSSR count). The third kappa shape index (κ3) is 2.72. The van der Waals surface area contributed by atoms with Crippen LogP contribution in [0.25, 0.3) is 0 Å². The smallest absolute Gasteiger partial charge is 0.203 e. The van der Waals surface area contributed by atoms with Gasteiger partial charge in [0.1, 0.15) is 5.75 Å². The van der Waals surface area contributed by atoms with Crippen LogP contribution in [0.4, 0.5) is 5.69 Å². The number of rotatable bonds is 5. The number of anilines is 1. The minimum Gasteiger partial charge on any atom is -0.495 e. The summed E-state index contributed by atoms with van der Waals surface area (Å²) in [6.45, 7) is 0. The van der Waals surface area contributed by atoms with Crippen molar-refractivity contribution in [1.82, 2.24) is 0 Å². The molecule has 134 valence electrons. The normalized spacial score (nSPS) is 18.6. The van der Waals surface area contributed by atoms with E-state index in [1.807, 2.05) is 24.3 Å². The Morgan fingerprint density at radius 3 is 2.16 bits per heavy atom. The van der Waals surface area contributed by atoms with Crippen LogP contribution < -0.4 is 24.7 Å². The van der Waals surface area contributed by atoms with Gasteiger partial charge in [0.2, 0.25) is 5.75 Å². The molecule has 25 heavy (non-hydrogen) atoms. The summed E-state index contributed by atoms with van der Waals surface area (Å²) in [6, 6.07) is 7.48. The van der Waals surface area contributed by atoms with E-state index in [9.17, 15) is 5.11 Å². The zero-order valence-electron chi connectivity index (χ0n) is 14.8. The fourth-order valence-electron chi connectivity index (χ4n) is 3.57. The molecule has 2 aromatic rings. The predicted molar refractivity (Wildman–Crippen MR) is 94.9 cm³/mol. The Morgan fingerprint density at radius 2 is 1.60 bits per heavy atom. The fourth-order valence-corrected chi connectivity index (χ4v) is 3.57. The Bertz CT molecular complexity index is 790. The number of fused-ring (bicyclic) bond motifs is 1. The molecule has 2 unspecified atom stereocenters. The lowest BCUT2D eigenvalue weighted by atomic mass is 9.91. The van der Waals surface area contributed by atoms with Crippen molar-refractivity contribution in [3.8, 4) is 23.0 Å². The molecule has 0 heterocycles. The molecule has 2 atom stereocenters. The van der Waals surface area contributed by atoms with Crippen molar-refractivity contribution in [1.29, 1.82) is 0 Å². The Balaban J connectivity index is 2.18. The second-order valence-corrected chi connectivity index (χ2v) is 5.95. The Hall–Kier alpha value is -2.60. The van der Waals surface area contributed by atoms with Gasteiger partial charge in [-0.15, -0.1) is 0 Å². The molecule has 1 aliphatic rings. The molecule has 0 fully saturated rings. The maximum Gasteiger partial charge on any atom is 0.203 e. The van der Waals surface area contributed by atoms with Crippen molar-refractivity contribution in [2.45, 2.75) is 18.4 Å². The van der Waals surface area contributed by atoms with Crippen LogP contribution in [0.2, 0.25) is 0 Å². The lowest BCUT2D eigenvalue weighted by Crippen LogP contribution is -2.04. The number of hydrogen-bond donors (Lipinski definition) is 2. The van der Waals surface area contributed by atoms with Gasteiger partial charge in [-0.05, 0) is 35.7 Å². The zero-order chi connectivity index (χ0) is 18.1. The molecular formula is C19H23NO5. The second kappa shape index (κ2) is 6.72. The van der Waals surface area contributed by atoms with Crippen molar-refractivity contribution in [3.63, 3.8) is 0 Å². The van der Waals surface area contributed by atoms with Gasteiger partial charge in [0.25, 0.3) is 0 Å². The summed E-state index contributed by atoms with van der Waals surface area (Å²) < 4.78 is 21.7. The van der Waals surface area contributed by atoms with Gasteiger partial charge in [0.15, 0.2) is 11.5 Å². The van der Waals surface area contributed by atoms with E-state index in [1.54, 1.807) is 28.4 Å². The van der Waals surface area contributed by atoms with Gasteiger partial charge in [-0.3, -0.25) is 0 Å². The number of nitrogens with two attached hydrogens (primary N) is 1. The van der Waals surface area contributed by atoms with Gasteiger partial charge in [0, 0.05) is 11.5 Å². The summed E-state index contributed by atoms with van der Waals surface area (Å²) in [5.41, 5.74) is 9.29. The number of nitrogen functional groups attached to an aromatic ring is 1. The van der Waals surface area contributed by atoms with Crippen LogP contribution in [-0.2, 0) is 0 Å². The van der Waals surface area contributed by atoms with E-state index in [0.29, 0.717) is 35.1 Å². The molecule has 0 aromatic heterocycles. The quantitative estimate of drug-likeness (QED) is 0.811. The van der Waals surface area contributed by atoms with Crippen molar-refractivity contribution in [2.24, 2.45) is 0 Å². The summed E-state index contributed by atoms with van der Waals surface area (Å²) in [6.07, 6.45) is -0.0784. The minimum absolute atomic E-state index is 0.0621. The lowest BCUT2D eigenvalue weighted by Gasteiger charge is -2.20. The lowest BCUT2D eigenvalue weighted by molar-refractivity contribution is 0.176. The van der Waals surface area contributed by atoms with Crippen molar-refractivity contribution >= 4 is 5.69 Å². The molecule has 6 heteroatoms. The number of aliphatic hydroxyl groups excluding tert-OH is 1. The standard InChI is InChI=1S/C19H23NO5/c1-22-15-6-5-10(7-13(15)20)11-8-14(21)12-9-16(23-2)18(24-3)19(25-4)17(11)12/h5-7,9,11,14,21H,8,20H2,1-4H3. The van der Waals surface area contributed by atoms with Gasteiger partial charge in [-0.2, -0.15) is 0 Å². The van der Waals surface area contributed by atoms with Crippen LogP contribution in [-0.4, -0.2) is 33.5 Å². The van der Waals surface area contributed by atoms with E-state index in [4.69, 9.17) is 24.7 Å². The first-order valence-corrected chi connectivity index (χ1v) is 7.99. The van der Waals surface area contributed by atoms with E-state index >= 15 is 0 Å². The average molecular weight is 345 g/mol. The van der Waals surface area contributed by atoms with E-state index < -0.39 is 6.10 Å². The molecule has 0 spiro atoms. The summed E-state index contributed by atoms with van der Waals surface area (Å²) in [5, 5.41) is 10.6. The highest BCUT2D eigenvalue weighted by atomic mass is 16.5. The van der Waals surface area contributed by atoms with Crippen LogP contribution in [0.3, 0.4) is 0 Å². The molecule has 0 radical (unpaired) electrons. The van der Waals surface area contributed by atoms with Crippen LogP contribution in [0.5, 0.6) is 23.0 Å². The highest BCUT2D eigenvalue weighted by molar-refractivity contribution is 5.65. The molecule has 2 aromatic carbocycles. The van der Waals surface area contributed by atoms with E-state index in [1.165, 1.54) is 0 Å². The summed E-state index contributed by atoms with van der Waals surface area (Å²) >= 11 is 0. The first-order chi connectivity index (χ1) is 12.0. The van der Waals surface area contributed by atoms with Gasteiger partial charge < -0.3 is 29.8 Å². The van der Waals surface area contributed by atoms with Gasteiger partial charge >= 0.3 is 0 Å². The topological polar surface area (TPSA) is 83.2 Å². The SMILES string of the molecule is COc1ccc(C2CC(O)c3cc(OC)c(OC)c(OC)c32)cc1N. The third-order valence-electron chi connectivity index (χ3n) is 4.72. The number of methoxy groups -OCH3 is 4. The second-order valence-electron chi connectivity index (χ2n) is 5.95. The van der Waals surface area contributed by atoms with Crippen molar-refractivity contribution in [2.75, 3.05) is 34.2 Å². The van der Waals surface area contributed by atoms with Crippen LogP contribution in [0, 0.1) is 0 Å². The largest absolute Gasteiger partial charge is 0.495 e. The first kappa shape index (κ1) is 17.2. The molecule has 0 saturated heterocycles. The van der Waals surface area contributed by atoms with Crippen LogP contribution >= 0.6 is 0 Å². The molecule has 6 nitrogen and oxygen atoms in total. The maximum absolute atomic E-state index is 10.6. The molecule has 1 aliphatic carbocycles. The Morgan fingerprint density at radius 1 is 0.920 bits per heavy atom. The molecule has 0 amide bonds. The fraction of sp³-hybridized carbons (Fsp3) is 0.368. The van der Waals surface area contributed by atoms with Crippen molar-refractivity contribution in [3.05, 3.63) is 41.0 Å². The molecular weight excluding hydrogens is 322 g/mol. The van der Waals surface area contributed by atoms with E-state index in [2.05, 4.69) is 0 Å². The number of benzene rings is 2. The van der Waals surface area contributed by atoms with Crippen LogP contribution in [0.15, 0.2) is 24.3 Å². The highest BCUT2D eigenvalue weighted by Crippen LogP contribution is 2.54. The number of ether oxygens (including phenoxy) is 4. The maximum atomic E-state index is 10.6. The van der Waals surface area contributed by atoms with Gasteiger partial charge in [0.05, 0.1) is 40.2 Å². The minimum atomic E-state index is -0.614. The van der Waals surface area contributed by atoms with E-state index in [-0.39, 0.29) is 5.92 Å². The first-order valence-electron chi connectivity index (χ1n) is 7.99. The third-order valence-corrected chi connectivity index (χ3v) is 4.72. The van der Waals surface area contributed by atoms with Crippen molar-refractivity contribution < 1.29 is 24.1 Å². The zero-order valence-corrected chi connectivity index (χ0v) is 14.8. The summed E-state index contributed by atoms with van der Waals surface area (Å²) in [4.78, 5) is 0. The average Bonchev–Trinajstić information content (AvgIpc) is 2.96. The number of aliphatic hydroxyl groups is 1. The molecule has 0 aliphatic heterocycles. The molecule has 0 bridgehead atoms. The molecule has 3 N–H and O–H groups in total. The van der Waals surface area contributed by atoms with Gasteiger partial charge in [-0.1, -0.05) is 6.07 Å².